The van der Waals surface area contributed by atoms with E-state index in [4.69, 9.17) is 0 Å². The molecule has 2 rings (SSSR count). The van der Waals surface area contributed by atoms with Gasteiger partial charge in [-0.1, -0.05) is 59.1 Å². The van der Waals surface area contributed by atoms with Gasteiger partial charge in [0.1, 0.15) is 0 Å². The molecule has 0 atom stereocenters. The summed E-state index contributed by atoms with van der Waals surface area (Å²) >= 11 is 0. The molecule has 27 heavy (non-hydrogen) atoms. The van der Waals surface area contributed by atoms with E-state index in [1.165, 1.54) is 0 Å². The van der Waals surface area contributed by atoms with E-state index < -0.39 is 0 Å². The first-order valence-corrected chi connectivity index (χ1v) is 9.38. The van der Waals surface area contributed by atoms with E-state index in [0.717, 1.165) is 17.1 Å². The molecule has 0 N–H and O–H groups in total. The second kappa shape index (κ2) is 11.9. The maximum Gasteiger partial charge on any atom is 0.0544 e. The average Bonchev–Trinajstić information content (AvgIpc) is 2.84. The van der Waals surface area contributed by atoms with Crippen molar-refractivity contribution in [3.05, 3.63) is 80.0 Å². The third kappa shape index (κ3) is 8.56. The normalized spacial score (nSPS) is 15.4. The summed E-state index contributed by atoms with van der Waals surface area (Å²) in [5.74, 6) is 0. The van der Waals surface area contributed by atoms with Crippen molar-refractivity contribution in [2.24, 2.45) is 15.4 Å². The zero-order valence-corrected chi connectivity index (χ0v) is 17.1. The molecule has 2 heterocycles. The molecule has 4 heteroatoms. The number of allylic oxidation sites excluding steroid dienone is 2. The van der Waals surface area contributed by atoms with Gasteiger partial charge in [0.05, 0.1) is 17.1 Å². The van der Waals surface area contributed by atoms with E-state index in [1.807, 2.05) is 44.4 Å². The number of nitrogens with zero attached hydrogens (tertiary/aromatic N) is 4. The summed E-state index contributed by atoms with van der Waals surface area (Å²) < 4.78 is 0. The molecule has 144 valence electrons. The highest BCUT2D eigenvalue weighted by Gasteiger charge is 2.15. The molecule has 0 saturated heterocycles. The van der Waals surface area contributed by atoms with Crippen LogP contribution in [0.1, 0.15) is 33.4 Å². The number of rotatable bonds is 8. The number of aromatic nitrogens is 1. The van der Waals surface area contributed by atoms with Gasteiger partial charge in [-0.15, -0.1) is 0 Å². The molecule has 0 bridgehead atoms. The van der Waals surface area contributed by atoms with E-state index in [9.17, 15) is 0 Å². The molecule has 0 aromatic carbocycles. The van der Waals surface area contributed by atoms with Crippen LogP contribution in [0.2, 0.25) is 0 Å². The Morgan fingerprint density at radius 2 is 1.96 bits per heavy atom. The van der Waals surface area contributed by atoms with Crippen molar-refractivity contribution in [2.45, 2.75) is 34.2 Å². The molecule has 0 saturated carbocycles. The highest BCUT2D eigenvalue weighted by molar-refractivity contribution is 5.99. The minimum absolute atomic E-state index is 0.0215. The molecule has 0 aliphatic carbocycles. The third-order valence-corrected chi connectivity index (χ3v) is 3.83. The van der Waals surface area contributed by atoms with Crippen molar-refractivity contribution in [2.75, 3.05) is 13.1 Å². The minimum Gasteiger partial charge on any atom is -0.286 e. The van der Waals surface area contributed by atoms with Crippen molar-refractivity contribution in [3.63, 3.8) is 0 Å². The second-order valence-corrected chi connectivity index (χ2v) is 6.56. The fourth-order valence-corrected chi connectivity index (χ4v) is 2.45. The van der Waals surface area contributed by atoms with Crippen molar-refractivity contribution in [1.29, 1.82) is 0 Å². The summed E-state index contributed by atoms with van der Waals surface area (Å²) in [4.78, 5) is 15.6. The largest absolute Gasteiger partial charge is 0.286 e. The van der Waals surface area contributed by atoms with Crippen molar-refractivity contribution in [3.8, 4) is 0 Å². The van der Waals surface area contributed by atoms with Gasteiger partial charge in [-0.05, 0) is 24.3 Å². The lowest BCUT2D eigenvalue weighted by Gasteiger charge is -2.22. The van der Waals surface area contributed by atoms with Crippen LogP contribution in [0, 0.1) is 5.41 Å². The van der Waals surface area contributed by atoms with Crippen LogP contribution >= 0.6 is 0 Å². The van der Waals surface area contributed by atoms with Crippen molar-refractivity contribution < 1.29 is 0 Å². The number of hydrogen-bond donors (Lipinski definition) is 0. The van der Waals surface area contributed by atoms with Crippen LogP contribution < -0.4 is 0 Å². The van der Waals surface area contributed by atoms with Gasteiger partial charge >= 0.3 is 0 Å². The van der Waals surface area contributed by atoms with Gasteiger partial charge in [-0.25, -0.2) is 0 Å². The van der Waals surface area contributed by atoms with Crippen LogP contribution in [0.25, 0.3) is 0 Å². The smallest absolute Gasteiger partial charge is 0.0544 e. The standard InChI is InChI=1S/C21H26N4.C2H6/c1-5-18(22-6-2)15-25(16-19-9-7-8-13-23-19)17-20-10-11-21(3,4)12-14-24-20;1-2/h5-14H,1-2,15-17H2,3-4H3;1-2H3. The topological polar surface area (TPSA) is 40.9 Å². The van der Waals surface area contributed by atoms with E-state index >= 15 is 0 Å². The van der Waals surface area contributed by atoms with E-state index in [1.54, 1.807) is 12.3 Å². The Kier molecular flexibility index (Phi) is 9.91. The highest BCUT2D eigenvalue weighted by Crippen LogP contribution is 2.21. The van der Waals surface area contributed by atoms with Gasteiger partial charge < -0.3 is 0 Å². The summed E-state index contributed by atoms with van der Waals surface area (Å²) in [5.41, 5.74) is 2.92. The maximum atomic E-state index is 4.58. The predicted octanol–water partition coefficient (Wildman–Crippen LogP) is 5.23. The summed E-state index contributed by atoms with van der Waals surface area (Å²) in [5, 5.41) is 0. The minimum atomic E-state index is 0.0215. The summed E-state index contributed by atoms with van der Waals surface area (Å²) in [6, 6.07) is 5.95. The van der Waals surface area contributed by atoms with Gasteiger partial charge in [0.15, 0.2) is 0 Å². The lowest BCUT2D eigenvalue weighted by Crippen LogP contribution is -2.33. The van der Waals surface area contributed by atoms with Crippen LogP contribution in [-0.2, 0) is 6.54 Å². The van der Waals surface area contributed by atoms with Crippen molar-refractivity contribution >= 4 is 11.4 Å². The molecule has 0 fully saturated rings. The Morgan fingerprint density at radius 1 is 1.19 bits per heavy atom. The molecule has 4 nitrogen and oxygen atoms in total. The quantitative estimate of drug-likeness (QED) is 0.593. The second-order valence-electron chi connectivity index (χ2n) is 6.56. The Labute approximate surface area is 164 Å². The van der Waals surface area contributed by atoms with Crippen LogP contribution in [0.5, 0.6) is 0 Å². The summed E-state index contributed by atoms with van der Waals surface area (Å²) in [6.45, 7) is 17.9. The number of aliphatic imine (C=N–C) groups is 2. The molecule has 1 aromatic rings. The molecule has 1 aliphatic rings. The first kappa shape index (κ1) is 22.5. The zero-order valence-electron chi connectivity index (χ0n) is 17.1. The SMILES string of the molecule is C=CN=C(C=C)CN(CC1=NC=CC(C)(C)C=C1)Cc1ccccn1.CC. The number of pyridine rings is 1. The first-order valence-electron chi connectivity index (χ1n) is 9.38. The zero-order chi connectivity index (χ0) is 20.1. The maximum absolute atomic E-state index is 4.58. The van der Waals surface area contributed by atoms with Crippen molar-refractivity contribution in [1.82, 2.24) is 9.88 Å². The fourth-order valence-electron chi connectivity index (χ4n) is 2.45. The average molecular weight is 365 g/mol. The molecule has 1 aromatic heterocycles. The fraction of sp³-hybridized carbons (Fsp3) is 0.348. The van der Waals surface area contributed by atoms with E-state index in [-0.39, 0.29) is 5.41 Å². The van der Waals surface area contributed by atoms with Crippen LogP contribution in [0.3, 0.4) is 0 Å². The molecule has 0 unspecified atom stereocenters. The Balaban J connectivity index is 0.00000176. The Hall–Kier alpha value is -2.59. The molecule has 0 amide bonds. The van der Waals surface area contributed by atoms with Gasteiger partial charge in [-0.2, -0.15) is 0 Å². The molecule has 0 radical (unpaired) electrons. The lowest BCUT2D eigenvalue weighted by atomic mass is 9.93. The van der Waals surface area contributed by atoms with Gasteiger partial charge in [0.25, 0.3) is 0 Å². The Morgan fingerprint density at radius 3 is 2.59 bits per heavy atom. The Bertz CT molecular complexity index is 709. The van der Waals surface area contributed by atoms with Crippen LogP contribution in [-0.4, -0.2) is 34.4 Å². The first-order chi connectivity index (χ1) is 13.0. The third-order valence-electron chi connectivity index (χ3n) is 3.83. The van der Waals surface area contributed by atoms with Gasteiger partial charge in [0, 0.05) is 43.6 Å². The van der Waals surface area contributed by atoms with Gasteiger partial charge in [-0.3, -0.25) is 19.9 Å². The summed E-state index contributed by atoms with van der Waals surface area (Å²) in [6.07, 6.45) is 13.4. The van der Waals surface area contributed by atoms with E-state index in [2.05, 4.69) is 65.1 Å². The molecule has 1 aliphatic heterocycles. The lowest BCUT2D eigenvalue weighted by molar-refractivity contribution is 0.343. The predicted molar refractivity (Wildman–Crippen MR) is 118 cm³/mol. The molecular weight excluding hydrogens is 332 g/mol. The van der Waals surface area contributed by atoms with E-state index in [0.29, 0.717) is 19.6 Å². The summed E-state index contributed by atoms with van der Waals surface area (Å²) in [7, 11) is 0. The van der Waals surface area contributed by atoms with Crippen LogP contribution in [0.4, 0.5) is 0 Å². The monoisotopic (exact) mass is 364 g/mol. The molecular formula is C23H32N4. The van der Waals surface area contributed by atoms with Gasteiger partial charge in [0.2, 0.25) is 0 Å². The number of hydrogen-bond acceptors (Lipinski definition) is 4. The molecule has 0 spiro atoms. The highest BCUT2D eigenvalue weighted by atomic mass is 15.1. The van der Waals surface area contributed by atoms with Crippen LogP contribution in [0.15, 0.2) is 84.2 Å².